The van der Waals surface area contributed by atoms with E-state index in [9.17, 15) is 8.42 Å². The second kappa shape index (κ2) is 10.6. The molecular weight excluding hydrogens is 484 g/mol. The van der Waals surface area contributed by atoms with Crippen LogP contribution in [-0.4, -0.2) is 39.5 Å². The highest BCUT2D eigenvalue weighted by Gasteiger charge is 2.29. The van der Waals surface area contributed by atoms with E-state index in [-0.39, 0.29) is 0 Å². The molecule has 3 aromatic carbocycles. The number of piperidine rings is 1. The second-order valence-corrected chi connectivity index (χ2v) is 11.1. The van der Waals surface area contributed by atoms with Crippen molar-refractivity contribution in [1.82, 2.24) is 4.90 Å². The summed E-state index contributed by atoms with van der Waals surface area (Å²) in [6.45, 7) is 3.50. The third-order valence-electron chi connectivity index (χ3n) is 6.03. The molecule has 0 aromatic heterocycles. The number of halogens is 1. The Morgan fingerprint density at radius 3 is 2.25 bits per heavy atom. The highest BCUT2D eigenvalue weighted by Crippen LogP contribution is 2.28. The van der Waals surface area contributed by atoms with Crippen molar-refractivity contribution < 1.29 is 8.42 Å². The molecule has 1 aliphatic heterocycles. The molecule has 1 aliphatic rings. The van der Waals surface area contributed by atoms with E-state index in [0.717, 1.165) is 49.1 Å². The standard InChI is InChI=1S/C26H29BrN2O2S/c27-24-13-15-26(16-14-24)32(30,31)29(25-11-5-2-6-12-25)21-23-10-7-18-28(20-23)19-17-22-8-3-1-4-9-22/h1-6,8-9,11-16,23H,7,10,17-21H2. The van der Waals surface area contributed by atoms with Crippen molar-refractivity contribution in [3.05, 3.63) is 95.0 Å². The highest BCUT2D eigenvalue weighted by molar-refractivity contribution is 9.10. The van der Waals surface area contributed by atoms with Crippen molar-refractivity contribution in [3.8, 4) is 0 Å². The number of para-hydroxylation sites is 1. The van der Waals surface area contributed by atoms with Crippen molar-refractivity contribution in [2.24, 2.45) is 5.92 Å². The van der Waals surface area contributed by atoms with Crippen LogP contribution in [0, 0.1) is 5.92 Å². The smallest absolute Gasteiger partial charge is 0.264 e. The van der Waals surface area contributed by atoms with Crippen molar-refractivity contribution >= 4 is 31.6 Å². The van der Waals surface area contributed by atoms with E-state index < -0.39 is 10.0 Å². The van der Waals surface area contributed by atoms with Crippen LogP contribution in [0.3, 0.4) is 0 Å². The number of benzene rings is 3. The van der Waals surface area contributed by atoms with Gasteiger partial charge in [0.15, 0.2) is 0 Å². The fourth-order valence-corrected chi connectivity index (χ4v) is 6.15. The third-order valence-corrected chi connectivity index (χ3v) is 8.37. The number of nitrogens with zero attached hydrogens (tertiary/aromatic N) is 2. The Hall–Kier alpha value is -2.15. The normalized spacial score (nSPS) is 17.2. The minimum Gasteiger partial charge on any atom is -0.303 e. The molecule has 1 atom stereocenters. The Bertz CT molecular complexity index is 1090. The summed E-state index contributed by atoms with van der Waals surface area (Å²) in [5.41, 5.74) is 2.06. The first-order valence-electron chi connectivity index (χ1n) is 11.1. The van der Waals surface area contributed by atoms with Gasteiger partial charge in [0.2, 0.25) is 0 Å². The van der Waals surface area contributed by atoms with Crippen molar-refractivity contribution in [1.29, 1.82) is 0 Å². The van der Waals surface area contributed by atoms with Gasteiger partial charge in [-0.15, -0.1) is 0 Å². The van der Waals surface area contributed by atoms with E-state index in [4.69, 9.17) is 0 Å². The molecule has 0 radical (unpaired) electrons. The number of anilines is 1. The number of likely N-dealkylation sites (tertiary alicyclic amines) is 1. The average Bonchev–Trinajstić information content (AvgIpc) is 2.83. The molecule has 4 rings (SSSR count). The van der Waals surface area contributed by atoms with E-state index in [1.54, 1.807) is 28.6 Å². The van der Waals surface area contributed by atoms with Gasteiger partial charge in [-0.1, -0.05) is 64.5 Å². The number of rotatable bonds is 8. The summed E-state index contributed by atoms with van der Waals surface area (Å²) in [5, 5.41) is 0. The summed E-state index contributed by atoms with van der Waals surface area (Å²) < 4.78 is 29.7. The van der Waals surface area contributed by atoms with Gasteiger partial charge in [-0.05, 0) is 73.7 Å². The van der Waals surface area contributed by atoms with Crippen molar-refractivity contribution in [2.75, 3.05) is 30.5 Å². The minimum absolute atomic E-state index is 0.296. The molecule has 0 amide bonds. The van der Waals surface area contributed by atoms with Crippen LogP contribution in [0.15, 0.2) is 94.3 Å². The fraction of sp³-hybridized carbons (Fsp3) is 0.308. The first kappa shape index (κ1) is 23.0. The molecular formula is C26H29BrN2O2S. The Morgan fingerprint density at radius 2 is 1.56 bits per heavy atom. The Labute approximate surface area is 200 Å². The van der Waals surface area contributed by atoms with Crippen LogP contribution in [0.4, 0.5) is 5.69 Å². The first-order chi connectivity index (χ1) is 15.5. The van der Waals surface area contributed by atoms with E-state index >= 15 is 0 Å². The quantitative estimate of drug-likeness (QED) is 0.394. The number of sulfonamides is 1. The largest absolute Gasteiger partial charge is 0.303 e. The molecule has 1 heterocycles. The van der Waals surface area contributed by atoms with Gasteiger partial charge < -0.3 is 4.90 Å². The highest BCUT2D eigenvalue weighted by atomic mass is 79.9. The zero-order valence-electron chi connectivity index (χ0n) is 18.1. The van der Waals surface area contributed by atoms with E-state index in [1.807, 2.05) is 36.4 Å². The lowest BCUT2D eigenvalue weighted by atomic mass is 9.97. The van der Waals surface area contributed by atoms with Crippen LogP contribution < -0.4 is 4.31 Å². The van der Waals surface area contributed by atoms with Gasteiger partial charge in [0, 0.05) is 24.1 Å². The molecule has 0 N–H and O–H groups in total. The van der Waals surface area contributed by atoms with Crippen LogP contribution >= 0.6 is 15.9 Å². The summed E-state index contributed by atoms with van der Waals surface area (Å²) in [6.07, 6.45) is 3.16. The minimum atomic E-state index is -3.65. The monoisotopic (exact) mass is 512 g/mol. The maximum atomic E-state index is 13.6. The van der Waals surface area contributed by atoms with Gasteiger partial charge in [-0.2, -0.15) is 0 Å². The Balaban J connectivity index is 1.50. The SMILES string of the molecule is O=S(=O)(c1ccc(Br)cc1)N(CC1CCCN(CCc2ccccc2)C1)c1ccccc1. The average molecular weight is 514 g/mol. The third kappa shape index (κ3) is 5.80. The molecule has 32 heavy (non-hydrogen) atoms. The topological polar surface area (TPSA) is 40.6 Å². The molecule has 0 aliphatic carbocycles. The zero-order valence-corrected chi connectivity index (χ0v) is 20.5. The van der Waals surface area contributed by atoms with Crippen molar-refractivity contribution in [3.63, 3.8) is 0 Å². The predicted octanol–water partition coefficient (Wildman–Crippen LogP) is 5.60. The molecule has 168 valence electrons. The number of hydrogen-bond acceptors (Lipinski definition) is 3. The lowest BCUT2D eigenvalue weighted by molar-refractivity contribution is 0.180. The molecule has 6 heteroatoms. The van der Waals surface area contributed by atoms with Gasteiger partial charge in [-0.25, -0.2) is 8.42 Å². The predicted molar refractivity (Wildman–Crippen MR) is 134 cm³/mol. The van der Waals surface area contributed by atoms with Gasteiger partial charge in [0.05, 0.1) is 10.6 Å². The first-order valence-corrected chi connectivity index (χ1v) is 13.4. The van der Waals surface area contributed by atoms with E-state index in [0.29, 0.717) is 17.4 Å². The van der Waals surface area contributed by atoms with Gasteiger partial charge in [-0.3, -0.25) is 4.31 Å². The summed E-state index contributed by atoms with van der Waals surface area (Å²) in [6, 6.07) is 26.9. The fourth-order valence-electron chi connectivity index (χ4n) is 4.34. The molecule has 1 unspecified atom stereocenters. The maximum absolute atomic E-state index is 13.6. The van der Waals surface area contributed by atoms with Crippen LogP contribution in [0.25, 0.3) is 0 Å². The molecule has 0 saturated carbocycles. The molecule has 3 aromatic rings. The van der Waals surface area contributed by atoms with Crippen LogP contribution in [0.5, 0.6) is 0 Å². The van der Waals surface area contributed by atoms with Crippen molar-refractivity contribution in [2.45, 2.75) is 24.2 Å². The van der Waals surface area contributed by atoms with Crippen LogP contribution in [0.2, 0.25) is 0 Å². The molecule has 4 nitrogen and oxygen atoms in total. The molecule has 0 bridgehead atoms. The lowest BCUT2D eigenvalue weighted by Crippen LogP contribution is -2.43. The van der Waals surface area contributed by atoms with Gasteiger partial charge in [0.1, 0.15) is 0 Å². The van der Waals surface area contributed by atoms with Gasteiger partial charge >= 0.3 is 0 Å². The summed E-state index contributed by atoms with van der Waals surface area (Å²) in [5.74, 6) is 0.296. The van der Waals surface area contributed by atoms with E-state index in [2.05, 4.69) is 45.1 Å². The zero-order chi connectivity index (χ0) is 22.4. The number of hydrogen-bond donors (Lipinski definition) is 0. The second-order valence-electron chi connectivity index (χ2n) is 8.37. The summed E-state index contributed by atoms with van der Waals surface area (Å²) in [7, 11) is -3.65. The maximum Gasteiger partial charge on any atom is 0.264 e. The summed E-state index contributed by atoms with van der Waals surface area (Å²) >= 11 is 3.40. The van der Waals surface area contributed by atoms with Crippen LogP contribution in [-0.2, 0) is 16.4 Å². The van der Waals surface area contributed by atoms with Gasteiger partial charge in [0.25, 0.3) is 10.0 Å². The Morgan fingerprint density at radius 1 is 0.906 bits per heavy atom. The summed E-state index contributed by atoms with van der Waals surface area (Å²) in [4.78, 5) is 2.80. The molecule has 0 spiro atoms. The Kier molecular flexibility index (Phi) is 7.66. The van der Waals surface area contributed by atoms with E-state index in [1.165, 1.54) is 5.56 Å². The molecule has 1 fully saturated rings. The molecule has 1 saturated heterocycles. The van der Waals surface area contributed by atoms with Crippen LogP contribution in [0.1, 0.15) is 18.4 Å². The lowest BCUT2D eigenvalue weighted by Gasteiger charge is -2.36.